The van der Waals surface area contributed by atoms with Crippen molar-refractivity contribution >= 4 is 17.5 Å². The Hall–Kier alpha value is -1.52. The topological polar surface area (TPSA) is 46.9 Å². The summed E-state index contributed by atoms with van der Waals surface area (Å²) in [6.07, 6.45) is -5.47. The van der Waals surface area contributed by atoms with Crippen molar-refractivity contribution in [2.45, 2.75) is 38.0 Å². The Morgan fingerprint density at radius 3 is 2.27 bits per heavy atom. The van der Waals surface area contributed by atoms with Crippen LogP contribution in [-0.2, 0) is 17.9 Å². The van der Waals surface area contributed by atoms with Crippen molar-refractivity contribution in [3.63, 3.8) is 0 Å². The fraction of sp³-hybridized carbons (Fsp3) is 0.600. The number of hydrogen-bond acceptors (Lipinski definition) is 2. The number of hydrogen-bond donors (Lipinski definition) is 1. The summed E-state index contributed by atoms with van der Waals surface area (Å²) in [5.41, 5.74) is -0.0105. The largest absolute Gasteiger partial charge is 0.460 e. The molecule has 12 heteroatoms. The Morgan fingerprint density at radius 2 is 1.82 bits per heavy atom. The lowest BCUT2D eigenvalue weighted by Gasteiger charge is -2.27. The third-order valence-corrected chi connectivity index (χ3v) is 2.96. The van der Waals surface area contributed by atoms with Crippen molar-refractivity contribution in [1.82, 2.24) is 15.1 Å². The highest BCUT2D eigenvalue weighted by atomic mass is 35.5. The smallest absolute Gasteiger partial charge is 0.345 e. The van der Waals surface area contributed by atoms with E-state index in [-0.39, 0.29) is 17.3 Å². The third-order valence-electron chi connectivity index (χ3n) is 2.65. The van der Waals surface area contributed by atoms with Gasteiger partial charge in [0.25, 0.3) is 5.91 Å². The Bertz CT molecular complexity index is 555. The minimum absolute atomic E-state index is 0.0105. The van der Waals surface area contributed by atoms with E-state index in [1.165, 1.54) is 5.32 Å². The second-order valence-electron chi connectivity index (χ2n) is 4.08. The maximum atomic E-state index is 13.1. The highest BCUT2D eigenvalue weighted by Gasteiger charge is 2.76. The summed E-state index contributed by atoms with van der Waals surface area (Å²) < 4.78 is 88.4. The first-order valence-electron chi connectivity index (χ1n) is 5.67. The van der Waals surface area contributed by atoms with Gasteiger partial charge in [-0.3, -0.25) is 9.48 Å². The van der Waals surface area contributed by atoms with Gasteiger partial charge in [-0.25, -0.2) is 0 Å². The molecule has 0 radical (unpaired) electrons. The minimum atomic E-state index is -6.57. The normalized spacial score (nSPS) is 13.3. The molecule has 1 amide bonds. The van der Waals surface area contributed by atoms with Crippen LogP contribution < -0.4 is 5.32 Å². The number of carbonyl (C=O) groups is 1. The number of nitrogens with zero attached hydrogens (tertiary/aromatic N) is 2. The lowest BCUT2D eigenvalue weighted by Crippen LogP contribution is -2.59. The van der Waals surface area contributed by atoms with Gasteiger partial charge in [0, 0.05) is 6.54 Å². The average Bonchev–Trinajstić information content (AvgIpc) is 2.74. The molecular weight excluding hydrogens is 347 g/mol. The maximum Gasteiger partial charge on any atom is 0.460 e. The van der Waals surface area contributed by atoms with Crippen LogP contribution in [0.1, 0.15) is 12.6 Å². The van der Waals surface area contributed by atoms with E-state index >= 15 is 0 Å². The molecule has 1 N–H and O–H groups in total. The highest BCUT2D eigenvalue weighted by Crippen LogP contribution is 2.46. The van der Waals surface area contributed by atoms with Crippen molar-refractivity contribution in [3.05, 3.63) is 16.9 Å². The molecule has 0 bridgehead atoms. The van der Waals surface area contributed by atoms with Crippen LogP contribution >= 0.6 is 11.6 Å². The molecule has 0 aromatic carbocycles. The van der Waals surface area contributed by atoms with Crippen LogP contribution in [0.15, 0.2) is 6.20 Å². The molecule has 0 spiro atoms. The molecule has 0 unspecified atom stereocenters. The van der Waals surface area contributed by atoms with E-state index in [4.69, 9.17) is 11.6 Å². The van der Waals surface area contributed by atoms with Crippen LogP contribution in [0.4, 0.5) is 30.7 Å². The predicted molar refractivity (Wildman–Crippen MR) is 60.7 cm³/mol. The van der Waals surface area contributed by atoms with Gasteiger partial charge in [0.15, 0.2) is 0 Å². The molecule has 0 saturated heterocycles. The number of aromatic nitrogens is 2. The van der Waals surface area contributed by atoms with Gasteiger partial charge in [0.05, 0.1) is 23.5 Å². The summed E-state index contributed by atoms with van der Waals surface area (Å²) in [4.78, 5) is 11.1. The zero-order valence-corrected chi connectivity index (χ0v) is 11.6. The number of amides is 1. The van der Waals surface area contributed by atoms with Crippen LogP contribution in [-0.4, -0.2) is 33.7 Å². The van der Waals surface area contributed by atoms with E-state index in [0.29, 0.717) is 0 Å². The fourth-order valence-electron chi connectivity index (χ4n) is 1.43. The summed E-state index contributed by atoms with van der Waals surface area (Å²) in [6.45, 7) is 1.02. The molecule has 0 atom stereocenters. The van der Waals surface area contributed by atoms with E-state index in [1.54, 1.807) is 6.92 Å². The summed E-state index contributed by atoms with van der Waals surface area (Å²) in [5.74, 6) is -15.2. The molecule has 4 nitrogen and oxygen atoms in total. The number of carbonyl (C=O) groups excluding carboxylic acids is 1. The lowest BCUT2D eigenvalue weighted by molar-refractivity contribution is -0.344. The number of nitrogens with one attached hydrogen (secondary N) is 1. The quantitative estimate of drug-likeness (QED) is 0.825. The Kier molecular flexibility index (Phi) is 5.00. The lowest BCUT2D eigenvalue weighted by atomic mass is 10.1. The number of halogens is 8. The van der Waals surface area contributed by atoms with E-state index in [1.807, 2.05) is 0 Å². The van der Waals surface area contributed by atoms with Crippen LogP contribution in [0.3, 0.4) is 0 Å². The van der Waals surface area contributed by atoms with Gasteiger partial charge in [-0.05, 0) is 6.92 Å². The second kappa shape index (κ2) is 5.94. The molecule has 1 heterocycles. The molecule has 0 aliphatic rings. The van der Waals surface area contributed by atoms with Gasteiger partial charge in [-0.2, -0.15) is 35.8 Å². The number of aryl methyl sites for hydroxylation is 1. The highest BCUT2D eigenvalue weighted by molar-refractivity contribution is 6.31. The van der Waals surface area contributed by atoms with Crippen molar-refractivity contribution in [2.24, 2.45) is 0 Å². The standard InChI is InChI=1S/C10H9ClF7N3O/c1-2-21-6(5(11)3-20-21)4-19-7(22)8(12,13)9(14,15)10(16,17)18/h3H,2,4H2,1H3,(H,19,22). The molecule has 1 aromatic heterocycles. The average molecular weight is 356 g/mol. The van der Waals surface area contributed by atoms with Crippen molar-refractivity contribution in [3.8, 4) is 0 Å². The molecule has 0 aliphatic heterocycles. The summed E-state index contributed by atoms with van der Waals surface area (Å²) >= 11 is 5.63. The molecule has 1 aromatic rings. The molecule has 1 rings (SSSR count). The van der Waals surface area contributed by atoms with E-state index in [9.17, 15) is 35.5 Å². The van der Waals surface area contributed by atoms with Crippen molar-refractivity contribution < 1.29 is 35.5 Å². The van der Waals surface area contributed by atoms with Gasteiger partial charge in [0.1, 0.15) is 0 Å². The summed E-state index contributed by atoms with van der Waals surface area (Å²) in [7, 11) is 0. The zero-order chi connectivity index (χ0) is 17.3. The first kappa shape index (κ1) is 18.5. The van der Waals surface area contributed by atoms with E-state index in [2.05, 4.69) is 5.10 Å². The first-order valence-corrected chi connectivity index (χ1v) is 6.04. The number of alkyl halides is 7. The van der Waals surface area contributed by atoms with Gasteiger partial charge in [-0.15, -0.1) is 0 Å². The maximum absolute atomic E-state index is 13.1. The molecule has 0 aliphatic carbocycles. The molecule has 0 saturated carbocycles. The molecular formula is C10H9ClF7N3O. The van der Waals surface area contributed by atoms with Crippen LogP contribution in [0.5, 0.6) is 0 Å². The first-order chi connectivity index (χ1) is 9.86. The van der Waals surface area contributed by atoms with Gasteiger partial charge < -0.3 is 5.32 Å². The zero-order valence-electron chi connectivity index (χ0n) is 10.8. The van der Waals surface area contributed by atoms with Crippen molar-refractivity contribution in [1.29, 1.82) is 0 Å². The van der Waals surface area contributed by atoms with Crippen LogP contribution in [0.2, 0.25) is 5.02 Å². The molecule has 126 valence electrons. The summed E-state index contributed by atoms with van der Waals surface area (Å²) in [6, 6.07) is 0. The third kappa shape index (κ3) is 3.13. The molecule has 22 heavy (non-hydrogen) atoms. The fourth-order valence-corrected chi connectivity index (χ4v) is 1.64. The van der Waals surface area contributed by atoms with Crippen LogP contribution in [0.25, 0.3) is 0 Å². The molecule has 0 fully saturated rings. The van der Waals surface area contributed by atoms with Gasteiger partial charge in [-0.1, -0.05) is 11.6 Å². The van der Waals surface area contributed by atoms with E-state index < -0.39 is 30.5 Å². The minimum Gasteiger partial charge on any atom is -0.345 e. The second-order valence-corrected chi connectivity index (χ2v) is 4.49. The Labute approximate surface area is 124 Å². The summed E-state index contributed by atoms with van der Waals surface area (Å²) in [5, 5.41) is 4.92. The Morgan fingerprint density at radius 1 is 1.27 bits per heavy atom. The predicted octanol–water partition coefficient (Wildman–Crippen LogP) is 3.01. The van der Waals surface area contributed by atoms with Gasteiger partial charge in [0.2, 0.25) is 0 Å². The SMILES string of the molecule is CCn1ncc(Cl)c1CNC(=O)C(F)(F)C(F)(F)C(F)(F)F. The Balaban J connectivity index is 2.91. The van der Waals surface area contributed by atoms with E-state index in [0.717, 1.165) is 10.9 Å². The van der Waals surface area contributed by atoms with Crippen molar-refractivity contribution in [2.75, 3.05) is 0 Å². The van der Waals surface area contributed by atoms with Crippen LogP contribution in [0, 0.1) is 0 Å². The number of rotatable bonds is 5. The van der Waals surface area contributed by atoms with Gasteiger partial charge >= 0.3 is 18.0 Å². The monoisotopic (exact) mass is 355 g/mol.